The Hall–Kier alpha value is -2.57. The highest BCUT2D eigenvalue weighted by Gasteiger charge is 2.24. The second-order valence-electron chi connectivity index (χ2n) is 6.45. The van der Waals surface area contributed by atoms with Crippen molar-refractivity contribution in [2.75, 3.05) is 5.32 Å². The Labute approximate surface area is 147 Å². The number of aromatic amines is 1. The average Bonchev–Trinajstić information content (AvgIpc) is 3.10. The summed E-state index contributed by atoms with van der Waals surface area (Å²) in [7, 11) is 0. The molecule has 0 fully saturated rings. The Kier molecular flexibility index (Phi) is 5.66. The Balaban J connectivity index is 2.27. The number of carbonyl (C=O) groups is 2. The third-order valence-electron chi connectivity index (χ3n) is 4.13. The van der Waals surface area contributed by atoms with Crippen molar-refractivity contribution in [3.8, 4) is 0 Å². The summed E-state index contributed by atoms with van der Waals surface area (Å²) in [6.45, 7) is 11.2. The lowest BCUT2D eigenvalue weighted by molar-refractivity contribution is 0.0376. The number of aromatic nitrogens is 3. The van der Waals surface area contributed by atoms with Gasteiger partial charge in [-0.3, -0.25) is 4.79 Å². The van der Waals surface area contributed by atoms with Gasteiger partial charge in [-0.1, -0.05) is 6.92 Å². The number of nitrogens with zero attached hydrogens (tertiary/aromatic N) is 2. The lowest BCUT2D eigenvalue weighted by atomic mass is 10.1. The number of rotatable bonds is 6. The first-order chi connectivity index (χ1) is 11.8. The van der Waals surface area contributed by atoms with Crippen molar-refractivity contribution in [3.05, 3.63) is 34.8 Å². The first kappa shape index (κ1) is 18.8. The standard InChI is InChI=1S/C18H26N4O3/c1-7-11(4)22-14(8-9-19-22)21-17(23)16-12(5)15(13(6)20-16)18(24)25-10(2)3/h8-11,20H,7H2,1-6H3,(H,21,23). The predicted octanol–water partition coefficient (Wildman–Crippen LogP) is 3.62. The Bertz CT molecular complexity index is 773. The zero-order valence-electron chi connectivity index (χ0n) is 15.6. The maximum atomic E-state index is 12.7. The molecule has 2 heterocycles. The van der Waals surface area contributed by atoms with Crippen LogP contribution < -0.4 is 5.32 Å². The molecule has 0 aliphatic carbocycles. The molecule has 0 bridgehead atoms. The molecule has 2 N–H and O–H groups in total. The van der Waals surface area contributed by atoms with Gasteiger partial charge in [0.05, 0.1) is 23.9 Å². The highest BCUT2D eigenvalue weighted by Crippen LogP contribution is 2.22. The van der Waals surface area contributed by atoms with Gasteiger partial charge < -0.3 is 15.0 Å². The van der Waals surface area contributed by atoms with Gasteiger partial charge in [0.15, 0.2) is 0 Å². The first-order valence-corrected chi connectivity index (χ1v) is 8.51. The molecule has 0 spiro atoms. The summed E-state index contributed by atoms with van der Waals surface area (Å²) >= 11 is 0. The van der Waals surface area contributed by atoms with Crippen molar-refractivity contribution in [2.45, 2.75) is 60.1 Å². The van der Waals surface area contributed by atoms with Crippen LogP contribution in [0.1, 0.15) is 72.3 Å². The Morgan fingerprint density at radius 2 is 2.00 bits per heavy atom. The maximum Gasteiger partial charge on any atom is 0.340 e. The minimum absolute atomic E-state index is 0.174. The van der Waals surface area contributed by atoms with Gasteiger partial charge in [-0.05, 0) is 46.6 Å². The minimum atomic E-state index is -0.426. The van der Waals surface area contributed by atoms with Gasteiger partial charge in [0, 0.05) is 11.8 Å². The molecule has 1 atom stereocenters. The molecule has 2 aromatic heterocycles. The van der Waals surface area contributed by atoms with E-state index in [4.69, 9.17) is 4.74 Å². The molecule has 1 amide bonds. The monoisotopic (exact) mass is 346 g/mol. The van der Waals surface area contributed by atoms with Crippen LogP contribution in [-0.2, 0) is 4.74 Å². The third kappa shape index (κ3) is 3.92. The first-order valence-electron chi connectivity index (χ1n) is 8.51. The summed E-state index contributed by atoms with van der Waals surface area (Å²) in [5, 5.41) is 7.12. The van der Waals surface area contributed by atoms with Crippen LogP contribution in [0, 0.1) is 13.8 Å². The van der Waals surface area contributed by atoms with Crippen molar-refractivity contribution < 1.29 is 14.3 Å². The van der Waals surface area contributed by atoms with E-state index in [9.17, 15) is 9.59 Å². The molecular weight excluding hydrogens is 320 g/mol. The minimum Gasteiger partial charge on any atom is -0.459 e. The molecule has 7 heteroatoms. The highest BCUT2D eigenvalue weighted by molar-refractivity contribution is 6.06. The number of hydrogen-bond donors (Lipinski definition) is 2. The second-order valence-corrected chi connectivity index (χ2v) is 6.45. The van der Waals surface area contributed by atoms with Crippen LogP contribution in [0.5, 0.6) is 0 Å². The van der Waals surface area contributed by atoms with Crippen LogP contribution >= 0.6 is 0 Å². The van der Waals surface area contributed by atoms with Gasteiger partial charge in [0.2, 0.25) is 0 Å². The van der Waals surface area contributed by atoms with Gasteiger partial charge >= 0.3 is 5.97 Å². The third-order valence-corrected chi connectivity index (χ3v) is 4.13. The SMILES string of the molecule is CCC(C)n1nccc1NC(=O)c1[nH]c(C)c(C(=O)OC(C)C)c1C. The van der Waals surface area contributed by atoms with E-state index in [0.29, 0.717) is 28.3 Å². The van der Waals surface area contributed by atoms with E-state index < -0.39 is 5.97 Å². The van der Waals surface area contributed by atoms with Gasteiger partial charge in [-0.2, -0.15) is 5.10 Å². The molecule has 0 aliphatic heterocycles. The molecule has 7 nitrogen and oxygen atoms in total. The zero-order valence-corrected chi connectivity index (χ0v) is 15.6. The number of aryl methyl sites for hydroxylation is 1. The van der Waals surface area contributed by atoms with Crippen LogP contribution in [0.15, 0.2) is 12.3 Å². The fourth-order valence-corrected chi connectivity index (χ4v) is 2.67. The average molecular weight is 346 g/mol. The number of amides is 1. The van der Waals surface area contributed by atoms with Crippen LogP contribution in [0.3, 0.4) is 0 Å². The molecule has 2 rings (SSSR count). The number of nitrogens with one attached hydrogen (secondary N) is 2. The lowest BCUT2D eigenvalue weighted by Gasteiger charge is -2.14. The lowest BCUT2D eigenvalue weighted by Crippen LogP contribution is -2.19. The topological polar surface area (TPSA) is 89.0 Å². The predicted molar refractivity (Wildman–Crippen MR) is 96.0 cm³/mol. The Morgan fingerprint density at radius 1 is 1.32 bits per heavy atom. The van der Waals surface area contributed by atoms with Gasteiger partial charge in [-0.25, -0.2) is 9.48 Å². The quantitative estimate of drug-likeness (QED) is 0.782. The van der Waals surface area contributed by atoms with Crippen molar-refractivity contribution >= 4 is 17.7 Å². The van der Waals surface area contributed by atoms with Crippen molar-refractivity contribution in [2.24, 2.45) is 0 Å². The highest BCUT2D eigenvalue weighted by atomic mass is 16.5. The van der Waals surface area contributed by atoms with E-state index in [1.54, 1.807) is 44.6 Å². The van der Waals surface area contributed by atoms with Crippen LogP contribution in [0.2, 0.25) is 0 Å². The molecule has 25 heavy (non-hydrogen) atoms. The molecule has 0 aliphatic rings. The van der Waals surface area contributed by atoms with Crippen LogP contribution in [0.4, 0.5) is 5.82 Å². The van der Waals surface area contributed by atoms with Gasteiger partial charge in [-0.15, -0.1) is 0 Å². The van der Waals surface area contributed by atoms with E-state index in [1.165, 1.54) is 0 Å². The van der Waals surface area contributed by atoms with Crippen LogP contribution in [0.25, 0.3) is 0 Å². The fraction of sp³-hybridized carbons (Fsp3) is 0.500. The number of H-pyrrole nitrogens is 1. The Morgan fingerprint density at radius 3 is 2.60 bits per heavy atom. The molecule has 1 unspecified atom stereocenters. The van der Waals surface area contributed by atoms with E-state index in [-0.39, 0.29) is 18.1 Å². The maximum absolute atomic E-state index is 12.7. The van der Waals surface area contributed by atoms with Crippen LogP contribution in [-0.4, -0.2) is 32.7 Å². The van der Waals surface area contributed by atoms with E-state index in [2.05, 4.69) is 22.3 Å². The van der Waals surface area contributed by atoms with Crippen molar-refractivity contribution in [1.82, 2.24) is 14.8 Å². The molecule has 0 saturated carbocycles. The second kappa shape index (κ2) is 7.55. The molecule has 0 radical (unpaired) electrons. The van der Waals surface area contributed by atoms with Crippen molar-refractivity contribution in [3.63, 3.8) is 0 Å². The number of esters is 1. The summed E-state index contributed by atoms with van der Waals surface area (Å²) in [5.74, 6) is -0.114. The molecule has 2 aromatic rings. The fourth-order valence-electron chi connectivity index (χ4n) is 2.67. The summed E-state index contributed by atoms with van der Waals surface area (Å²) in [6.07, 6.45) is 2.33. The number of hydrogen-bond acceptors (Lipinski definition) is 4. The largest absolute Gasteiger partial charge is 0.459 e. The number of ether oxygens (including phenoxy) is 1. The van der Waals surface area contributed by atoms with E-state index in [0.717, 1.165) is 6.42 Å². The number of carbonyl (C=O) groups excluding carboxylic acids is 2. The molecule has 136 valence electrons. The number of anilines is 1. The zero-order chi connectivity index (χ0) is 18.7. The summed E-state index contributed by atoms with van der Waals surface area (Å²) in [6, 6.07) is 1.93. The summed E-state index contributed by atoms with van der Waals surface area (Å²) in [4.78, 5) is 27.9. The smallest absolute Gasteiger partial charge is 0.340 e. The van der Waals surface area contributed by atoms with E-state index in [1.807, 2.05) is 6.92 Å². The normalized spacial score (nSPS) is 12.3. The molecular formula is C18H26N4O3. The summed E-state index contributed by atoms with van der Waals surface area (Å²) in [5.41, 5.74) is 1.96. The molecule has 0 saturated heterocycles. The summed E-state index contributed by atoms with van der Waals surface area (Å²) < 4.78 is 7.03. The van der Waals surface area contributed by atoms with E-state index >= 15 is 0 Å². The van der Waals surface area contributed by atoms with Crippen molar-refractivity contribution in [1.29, 1.82) is 0 Å². The molecule has 0 aromatic carbocycles. The van der Waals surface area contributed by atoms with Gasteiger partial charge in [0.25, 0.3) is 5.91 Å². The van der Waals surface area contributed by atoms with Gasteiger partial charge in [0.1, 0.15) is 11.5 Å².